The van der Waals surface area contributed by atoms with Crippen LogP contribution in [-0.2, 0) is 4.79 Å². The van der Waals surface area contributed by atoms with Crippen LogP contribution in [-0.4, -0.2) is 29.4 Å². The Balaban J connectivity index is 1.48. The summed E-state index contributed by atoms with van der Waals surface area (Å²) in [5.74, 6) is 1.34. The first-order chi connectivity index (χ1) is 13.0. The van der Waals surface area contributed by atoms with Crippen molar-refractivity contribution in [3.8, 4) is 5.75 Å². The van der Waals surface area contributed by atoms with Gasteiger partial charge in [0.15, 0.2) is 6.10 Å². The average molecular weight is 407 g/mol. The van der Waals surface area contributed by atoms with Gasteiger partial charge in [-0.25, -0.2) is 4.39 Å². The Morgan fingerprint density at radius 1 is 1.04 bits per heavy atom. The Labute approximate surface area is 165 Å². The van der Waals surface area contributed by atoms with E-state index in [1.165, 1.54) is 36.8 Å². The van der Waals surface area contributed by atoms with Crippen LogP contribution in [0.3, 0.4) is 0 Å². The summed E-state index contributed by atoms with van der Waals surface area (Å²) in [4.78, 5) is 24.2. The van der Waals surface area contributed by atoms with E-state index in [1.54, 1.807) is 12.1 Å². The average Bonchev–Trinajstić information content (AvgIpc) is 3.22. The lowest BCUT2D eigenvalue weighted by Gasteiger charge is -2.15. The van der Waals surface area contributed by atoms with Crippen molar-refractivity contribution in [2.45, 2.75) is 17.6 Å². The molecular formula is C19H19FN2O3S2. The number of thioether (sulfide) groups is 2. The van der Waals surface area contributed by atoms with Gasteiger partial charge in [0, 0.05) is 17.1 Å². The molecule has 2 aromatic rings. The van der Waals surface area contributed by atoms with Crippen molar-refractivity contribution in [1.29, 1.82) is 0 Å². The second-order valence-electron chi connectivity index (χ2n) is 5.85. The fourth-order valence-electron chi connectivity index (χ4n) is 2.41. The molecule has 0 aromatic heterocycles. The summed E-state index contributed by atoms with van der Waals surface area (Å²) in [7, 11) is 0. The fraction of sp³-hybridized carbons (Fsp3) is 0.263. The zero-order chi connectivity index (χ0) is 19.2. The largest absolute Gasteiger partial charge is 0.481 e. The highest BCUT2D eigenvalue weighted by atomic mass is 32.2. The number of amides is 2. The van der Waals surface area contributed by atoms with Gasteiger partial charge in [-0.1, -0.05) is 12.1 Å². The minimum absolute atomic E-state index is 0.364. The van der Waals surface area contributed by atoms with Gasteiger partial charge < -0.3 is 4.74 Å². The monoisotopic (exact) mass is 406 g/mol. The van der Waals surface area contributed by atoms with Gasteiger partial charge in [-0.3, -0.25) is 20.4 Å². The molecule has 27 heavy (non-hydrogen) atoms. The van der Waals surface area contributed by atoms with Crippen molar-refractivity contribution >= 4 is 35.3 Å². The third-order valence-electron chi connectivity index (χ3n) is 3.86. The normalized spacial score (nSPS) is 15.2. The number of benzene rings is 2. The van der Waals surface area contributed by atoms with Crippen LogP contribution in [0.4, 0.5) is 4.39 Å². The number of carbonyl (C=O) groups excluding carboxylic acids is 2. The van der Waals surface area contributed by atoms with Crippen molar-refractivity contribution in [2.24, 2.45) is 0 Å². The van der Waals surface area contributed by atoms with Crippen LogP contribution in [0.2, 0.25) is 0 Å². The van der Waals surface area contributed by atoms with E-state index in [0.717, 1.165) is 11.5 Å². The second kappa shape index (κ2) is 9.14. The number of halogens is 1. The number of carbonyl (C=O) groups is 2. The molecule has 0 radical (unpaired) electrons. The molecule has 0 spiro atoms. The summed E-state index contributed by atoms with van der Waals surface area (Å²) < 4.78 is 18.7. The predicted octanol–water partition coefficient (Wildman–Crippen LogP) is 3.53. The van der Waals surface area contributed by atoms with Gasteiger partial charge >= 0.3 is 0 Å². The molecule has 2 amide bonds. The van der Waals surface area contributed by atoms with Gasteiger partial charge in [0.1, 0.15) is 11.6 Å². The van der Waals surface area contributed by atoms with E-state index in [0.29, 0.717) is 15.9 Å². The summed E-state index contributed by atoms with van der Waals surface area (Å²) in [6.45, 7) is 1.54. The first-order valence-electron chi connectivity index (χ1n) is 8.38. The molecule has 0 unspecified atom stereocenters. The minimum Gasteiger partial charge on any atom is -0.481 e. The SMILES string of the molecule is C[C@@H](Oc1ccc(F)cc1)C(=O)NNC(=O)c1ccc(C2SCCS2)cc1. The molecule has 1 fully saturated rings. The number of hydrogen-bond acceptors (Lipinski definition) is 5. The maximum Gasteiger partial charge on any atom is 0.279 e. The molecule has 5 nitrogen and oxygen atoms in total. The molecule has 8 heteroatoms. The van der Waals surface area contributed by atoms with Crippen LogP contribution >= 0.6 is 23.5 Å². The molecule has 2 N–H and O–H groups in total. The van der Waals surface area contributed by atoms with Gasteiger partial charge in [-0.05, 0) is 48.9 Å². The van der Waals surface area contributed by atoms with Gasteiger partial charge in [-0.15, -0.1) is 23.5 Å². The van der Waals surface area contributed by atoms with Crippen LogP contribution in [0, 0.1) is 5.82 Å². The van der Waals surface area contributed by atoms with Gasteiger partial charge in [0.05, 0.1) is 4.58 Å². The van der Waals surface area contributed by atoms with E-state index < -0.39 is 17.9 Å². The Morgan fingerprint density at radius 2 is 1.67 bits per heavy atom. The highest BCUT2D eigenvalue weighted by Crippen LogP contribution is 2.45. The van der Waals surface area contributed by atoms with E-state index in [2.05, 4.69) is 10.9 Å². The van der Waals surface area contributed by atoms with Crippen molar-refractivity contribution in [1.82, 2.24) is 10.9 Å². The van der Waals surface area contributed by atoms with Crippen molar-refractivity contribution in [2.75, 3.05) is 11.5 Å². The maximum atomic E-state index is 12.9. The zero-order valence-corrected chi connectivity index (χ0v) is 16.2. The fourth-order valence-corrected chi connectivity index (χ4v) is 5.26. The van der Waals surface area contributed by atoms with Crippen LogP contribution in [0.25, 0.3) is 0 Å². The van der Waals surface area contributed by atoms with E-state index in [4.69, 9.17) is 4.74 Å². The number of rotatable bonds is 5. The third-order valence-corrected chi connectivity index (χ3v) is 6.97. The molecule has 0 aliphatic carbocycles. The Hall–Kier alpha value is -2.19. The highest BCUT2D eigenvalue weighted by molar-refractivity contribution is 8.19. The van der Waals surface area contributed by atoms with Crippen LogP contribution in [0.1, 0.15) is 27.4 Å². The van der Waals surface area contributed by atoms with Crippen LogP contribution in [0.5, 0.6) is 5.75 Å². The lowest BCUT2D eigenvalue weighted by atomic mass is 10.1. The highest BCUT2D eigenvalue weighted by Gasteiger charge is 2.19. The Morgan fingerprint density at radius 3 is 2.30 bits per heavy atom. The molecule has 1 aliphatic rings. The Kier molecular flexibility index (Phi) is 6.63. The zero-order valence-electron chi connectivity index (χ0n) is 14.6. The number of ether oxygens (including phenoxy) is 1. The first-order valence-corrected chi connectivity index (χ1v) is 10.5. The molecule has 1 aliphatic heterocycles. The smallest absolute Gasteiger partial charge is 0.279 e. The maximum absolute atomic E-state index is 12.9. The summed E-state index contributed by atoms with van der Waals surface area (Å²) in [5, 5.41) is 0. The van der Waals surface area contributed by atoms with Gasteiger partial charge in [0.2, 0.25) is 0 Å². The summed E-state index contributed by atoms with van der Waals surface area (Å²) >= 11 is 3.80. The van der Waals surface area contributed by atoms with E-state index in [1.807, 2.05) is 35.7 Å². The molecule has 1 saturated heterocycles. The summed E-state index contributed by atoms with van der Waals surface area (Å²) in [6.07, 6.45) is -0.852. The number of nitrogens with one attached hydrogen (secondary N) is 2. The second-order valence-corrected chi connectivity index (χ2v) is 8.58. The molecule has 0 bridgehead atoms. The molecule has 3 rings (SSSR count). The van der Waals surface area contributed by atoms with Gasteiger partial charge in [0.25, 0.3) is 11.8 Å². The molecule has 1 heterocycles. The molecular weight excluding hydrogens is 387 g/mol. The van der Waals surface area contributed by atoms with Crippen LogP contribution < -0.4 is 15.6 Å². The lowest BCUT2D eigenvalue weighted by Crippen LogP contribution is -2.47. The van der Waals surface area contributed by atoms with E-state index >= 15 is 0 Å². The minimum atomic E-state index is -0.852. The molecule has 0 saturated carbocycles. The van der Waals surface area contributed by atoms with Crippen molar-refractivity contribution < 1.29 is 18.7 Å². The van der Waals surface area contributed by atoms with E-state index in [-0.39, 0.29) is 5.82 Å². The quantitative estimate of drug-likeness (QED) is 0.744. The van der Waals surface area contributed by atoms with Crippen molar-refractivity contribution in [3.05, 3.63) is 65.5 Å². The predicted molar refractivity (Wildman–Crippen MR) is 106 cm³/mol. The topological polar surface area (TPSA) is 67.4 Å². The first kappa shape index (κ1) is 19.6. The number of hydrazine groups is 1. The lowest BCUT2D eigenvalue weighted by molar-refractivity contribution is -0.128. The van der Waals surface area contributed by atoms with E-state index in [9.17, 15) is 14.0 Å². The van der Waals surface area contributed by atoms with Gasteiger partial charge in [-0.2, -0.15) is 0 Å². The molecule has 1 atom stereocenters. The van der Waals surface area contributed by atoms with Crippen molar-refractivity contribution in [3.63, 3.8) is 0 Å². The molecule has 2 aromatic carbocycles. The number of hydrogen-bond donors (Lipinski definition) is 2. The van der Waals surface area contributed by atoms with Crippen LogP contribution in [0.15, 0.2) is 48.5 Å². The Bertz CT molecular complexity index is 794. The standard InChI is InChI=1S/C19H19FN2O3S2/c1-12(25-16-8-6-15(20)7-9-16)17(23)21-22-18(24)13-2-4-14(5-3-13)19-26-10-11-27-19/h2-9,12,19H,10-11H2,1H3,(H,21,23)(H,22,24)/t12-/m1/s1. The summed E-state index contributed by atoms with van der Waals surface area (Å²) in [5.41, 5.74) is 6.35. The molecule has 142 valence electrons. The third kappa shape index (κ3) is 5.40. The summed E-state index contributed by atoms with van der Waals surface area (Å²) in [6, 6.07) is 12.7.